The van der Waals surface area contributed by atoms with E-state index in [1.54, 1.807) is 37.3 Å². The Morgan fingerprint density at radius 3 is 2.47 bits per heavy atom. The number of nitrogens with zero attached hydrogens (tertiary/aromatic N) is 1. The summed E-state index contributed by atoms with van der Waals surface area (Å²) in [6.45, 7) is 3.98. The van der Waals surface area contributed by atoms with Gasteiger partial charge >= 0.3 is 10.1 Å². The Labute approximate surface area is 241 Å². The molecule has 0 unspecified atom stereocenters. The van der Waals surface area contributed by atoms with Crippen molar-refractivity contribution in [1.82, 2.24) is 5.32 Å². The number of benzene rings is 3. The van der Waals surface area contributed by atoms with E-state index in [4.69, 9.17) is 8.92 Å². The summed E-state index contributed by atoms with van der Waals surface area (Å²) >= 11 is 5.43. The van der Waals surface area contributed by atoms with Gasteiger partial charge in [0.05, 0.1) is 20.8 Å². The minimum Gasteiger partial charge on any atom is -0.490 e. The van der Waals surface area contributed by atoms with Gasteiger partial charge in [0.25, 0.3) is 5.91 Å². The van der Waals surface area contributed by atoms with E-state index in [1.807, 2.05) is 53.8 Å². The smallest absolute Gasteiger partial charge is 0.339 e. The van der Waals surface area contributed by atoms with Crippen LogP contribution in [-0.4, -0.2) is 26.1 Å². The molecular formula is C25H20I2N2O5S2. The summed E-state index contributed by atoms with van der Waals surface area (Å²) in [5, 5.41) is 3.27. The molecule has 0 aromatic heterocycles. The lowest BCUT2D eigenvalue weighted by Gasteiger charge is -2.14. The van der Waals surface area contributed by atoms with E-state index in [-0.39, 0.29) is 22.3 Å². The van der Waals surface area contributed by atoms with Gasteiger partial charge in [0.1, 0.15) is 4.90 Å². The van der Waals surface area contributed by atoms with Gasteiger partial charge in [0, 0.05) is 3.57 Å². The van der Waals surface area contributed by atoms with Crippen LogP contribution in [0.2, 0.25) is 0 Å². The van der Waals surface area contributed by atoms with Crippen molar-refractivity contribution in [2.75, 3.05) is 6.61 Å². The van der Waals surface area contributed by atoms with Gasteiger partial charge in [-0.25, -0.2) is 4.99 Å². The van der Waals surface area contributed by atoms with Gasteiger partial charge in [0.2, 0.25) is 0 Å². The number of hydrogen-bond donors (Lipinski definition) is 1. The number of ether oxygens (including phenoxy) is 1. The van der Waals surface area contributed by atoms with E-state index < -0.39 is 10.1 Å². The molecule has 0 radical (unpaired) electrons. The van der Waals surface area contributed by atoms with Gasteiger partial charge in [0.15, 0.2) is 16.7 Å². The number of rotatable bonds is 7. The molecule has 3 aromatic rings. The fraction of sp³-hybridized carbons (Fsp3) is 0.120. The summed E-state index contributed by atoms with van der Waals surface area (Å²) < 4.78 is 38.5. The zero-order valence-corrected chi connectivity index (χ0v) is 25.1. The lowest BCUT2D eigenvalue weighted by Crippen LogP contribution is -2.19. The van der Waals surface area contributed by atoms with Gasteiger partial charge in [-0.1, -0.05) is 29.8 Å². The molecule has 3 aromatic carbocycles. The highest BCUT2D eigenvalue weighted by Crippen LogP contribution is 2.38. The number of carbonyl (C=O) groups excluding carboxylic acids is 1. The molecule has 0 saturated carbocycles. The zero-order chi connectivity index (χ0) is 25.9. The van der Waals surface area contributed by atoms with Crippen molar-refractivity contribution in [2.45, 2.75) is 18.7 Å². The molecule has 11 heteroatoms. The first-order valence-corrected chi connectivity index (χ1v) is 15.1. The second-order valence-corrected chi connectivity index (χ2v) is 12.4. The third-order valence-electron chi connectivity index (χ3n) is 4.86. The molecule has 186 valence electrons. The van der Waals surface area contributed by atoms with Crippen LogP contribution in [0.15, 0.2) is 75.5 Å². The first kappa shape index (κ1) is 26.9. The van der Waals surface area contributed by atoms with Crippen molar-refractivity contribution in [3.05, 3.63) is 83.8 Å². The number of amidine groups is 1. The Kier molecular flexibility index (Phi) is 8.63. The quantitative estimate of drug-likeness (QED) is 0.174. The second kappa shape index (κ2) is 11.5. The summed E-state index contributed by atoms with van der Waals surface area (Å²) in [6, 6.07) is 17.4. The predicted octanol–water partition coefficient (Wildman–Crippen LogP) is 6.26. The molecule has 7 nitrogen and oxygen atoms in total. The molecule has 1 fully saturated rings. The SMILES string of the molecule is CCOc1cc(/C=C2/SC(=Nc3ccccc3I)NC2=O)cc(I)c1OS(=O)(=O)c1ccc(C)cc1. The van der Waals surface area contributed by atoms with Crippen molar-refractivity contribution in [3.63, 3.8) is 0 Å². The number of aryl methyl sites for hydroxylation is 1. The van der Waals surface area contributed by atoms with Crippen molar-refractivity contribution in [2.24, 2.45) is 4.99 Å². The van der Waals surface area contributed by atoms with E-state index in [0.29, 0.717) is 25.8 Å². The fourth-order valence-electron chi connectivity index (χ4n) is 3.16. The first-order valence-electron chi connectivity index (χ1n) is 10.7. The highest BCUT2D eigenvalue weighted by molar-refractivity contribution is 14.1. The number of nitrogens with one attached hydrogen (secondary N) is 1. The van der Waals surface area contributed by atoms with Crippen LogP contribution in [0.1, 0.15) is 18.1 Å². The fourth-order valence-corrected chi connectivity index (χ4v) is 6.35. The van der Waals surface area contributed by atoms with Gasteiger partial charge < -0.3 is 14.2 Å². The molecule has 1 aliphatic rings. The van der Waals surface area contributed by atoms with Gasteiger partial charge in [-0.2, -0.15) is 8.42 Å². The molecule has 1 N–H and O–H groups in total. The van der Waals surface area contributed by atoms with Crippen molar-refractivity contribution < 1.29 is 22.1 Å². The summed E-state index contributed by atoms with van der Waals surface area (Å²) in [6.07, 6.45) is 1.71. The highest BCUT2D eigenvalue weighted by Gasteiger charge is 2.26. The lowest BCUT2D eigenvalue weighted by molar-refractivity contribution is -0.115. The molecule has 4 rings (SSSR count). The van der Waals surface area contributed by atoms with Gasteiger partial charge in [-0.05, 0) is 119 Å². The molecule has 0 spiro atoms. The summed E-state index contributed by atoms with van der Waals surface area (Å²) in [7, 11) is -4.06. The topological polar surface area (TPSA) is 94.1 Å². The van der Waals surface area contributed by atoms with Crippen LogP contribution in [0.5, 0.6) is 11.5 Å². The summed E-state index contributed by atoms with van der Waals surface area (Å²) in [4.78, 5) is 17.6. The Bertz CT molecular complexity index is 1490. The van der Waals surface area contributed by atoms with E-state index in [1.165, 1.54) is 23.9 Å². The third kappa shape index (κ3) is 6.42. The Morgan fingerprint density at radius 2 is 1.78 bits per heavy atom. The van der Waals surface area contributed by atoms with Crippen LogP contribution < -0.4 is 14.2 Å². The molecule has 1 saturated heterocycles. The molecular weight excluding hydrogens is 726 g/mol. The maximum atomic E-state index is 12.9. The molecule has 1 amide bonds. The largest absolute Gasteiger partial charge is 0.490 e. The number of aliphatic imine (C=N–C) groups is 1. The predicted molar refractivity (Wildman–Crippen MR) is 159 cm³/mol. The monoisotopic (exact) mass is 746 g/mol. The standard InChI is InChI=1S/C25H20I2N2O5S2/c1-3-33-21-13-16(12-19(27)23(21)34-36(31,32)17-10-8-15(2)9-11-17)14-22-24(30)29-25(35-22)28-20-7-5-4-6-18(20)26/h4-14H,3H2,1-2H3,(H,28,29,30)/b22-14+. The summed E-state index contributed by atoms with van der Waals surface area (Å²) in [5.41, 5.74) is 2.37. The van der Waals surface area contributed by atoms with E-state index in [2.05, 4.69) is 32.9 Å². The van der Waals surface area contributed by atoms with Crippen LogP contribution in [0.3, 0.4) is 0 Å². The first-order chi connectivity index (χ1) is 17.2. The molecule has 0 aliphatic carbocycles. The molecule has 1 heterocycles. The average molecular weight is 746 g/mol. The third-order valence-corrected chi connectivity index (χ3v) is 8.72. The highest BCUT2D eigenvalue weighted by atomic mass is 127. The Hall–Kier alpha value is -2.10. The Balaban J connectivity index is 1.63. The number of thioether (sulfide) groups is 1. The number of hydrogen-bond acceptors (Lipinski definition) is 7. The number of carbonyl (C=O) groups is 1. The lowest BCUT2D eigenvalue weighted by atomic mass is 10.2. The molecule has 36 heavy (non-hydrogen) atoms. The van der Waals surface area contributed by atoms with Crippen LogP contribution in [0, 0.1) is 14.1 Å². The number of amides is 1. The minimum atomic E-state index is -4.06. The van der Waals surface area contributed by atoms with Gasteiger partial charge in [-0.15, -0.1) is 0 Å². The van der Waals surface area contributed by atoms with Crippen molar-refractivity contribution >= 4 is 89.9 Å². The van der Waals surface area contributed by atoms with Crippen LogP contribution >= 0.6 is 56.9 Å². The minimum absolute atomic E-state index is 0.0523. The maximum absolute atomic E-state index is 12.9. The maximum Gasteiger partial charge on any atom is 0.339 e. The van der Waals surface area contributed by atoms with Crippen LogP contribution in [-0.2, 0) is 14.9 Å². The van der Waals surface area contributed by atoms with Crippen molar-refractivity contribution in [1.29, 1.82) is 0 Å². The van der Waals surface area contributed by atoms with E-state index in [0.717, 1.165) is 14.8 Å². The zero-order valence-electron chi connectivity index (χ0n) is 19.1. The van der Waals surface area contributed by atoms with E-state index in [9.17, 15) is 13.2 Å². The molecule has 0 bridgehead atoms. The van der Waals surface area contributed by atoms with Crippen LogP contribution in [0.4, 0.5) is 5.69 Å². The summed E-state index contributed by atoms with van der Waals surface area (Å²) in [5.74, 6) is 0.104. The van der Waals surface area contributed by atoms with Gasteiger partial charge in [-0.3, -0.25) is 4.79 Å². The van der Waals surface area contributed by atoms with Crippen LogP contribution in [0.25, 0.3) is 6.08 Å². The average Bonchev–Trinajstić information content (AvgIpc) is 3.16. The number of para-hydroxylation sites is 1. The second-order valence-electron chi connectivity index (χ2n) is 7.55. The van der Waals surface area contributed by atoms with Crippen molar-refractivity contribution in [3.8, 4) is 11.5 Å². The Morgan fingerprint density at radius 1 is 1.06 bits per heavy atom. The molecule has 0 atom stereocenters. The number of halogens is 2. The molecule has 1 aliphatic heterocycles. The normalized spacial score (nSPS) is 15.8. The van der Waals surface area contributed by atoms with E-state index >= 15 is 0 Å².